The van der Waals surface area contributed by atoms with Crippen LogP contribution in [0.2, 0.25) is 0 Å². The van der Waals surface area contributed by atoms with E-state index in [2.05, 4.69) is 27.3 Å². The Hall–Kier alpha value is -1.10. The number of likely N-dealkylation sites (N-methyl/N-ethyl adjacent to an activating group) is 1. The van der Waals surface area contributed by atoms with Crippen LogP contribution in [0.25, 0.3) is 0 Å². The van der Waals surface area contributed by atoms with Gasteiger partial charge in [0.05, 0.1) is 0 Å². The molecule has 0 bridgehead atoms. The second-order valence-electron chi connectivity index (χ2n) is 4.61. The molecule has 1 aliphatic heterocycles. The van der Waals surface area contributed by atoms with Crippen LogP contribution in [0.4, 0.5) is 5.13 Å². The molecular formula is C11H19N5O3S2. The molecule has 1 amide bonds. The van der Waals surface area contributed by atoms with Gasteiger partial charge in [-0.15, -0.1) is 10.2 Å². The molecule has 1 aromatic heterocycles. The molecular weight excluding hydrogens is 314 g/mol. The molecule has 0 aromatic carbocycles. The average molecular weight is 333 g/mol. The number of hydrogen-bond donors (Lipinski definition) is 1. The second-order valence-corrected chi connectivity index (χ2v) is 7.70. The predicted molar refractivity (Wildman–Crippen MR) is 79.7 cm³/mol. The van der Waals surface area contributed by atoms with E-state index in [0.29, 0.717) is 32.6 Å². The van der Waals surface area contributed by atoms with Gasteiger partial charge in [0.25, 0.3) is 10.0 Å². The van der Waals surface area contributed by atoms with Crippen LogP contribution < -0.4 is 5.32 Å². The molecule has 21 heavy (non-hydrogen) atoms. The number of nitrogens with zero attached hydrogens (tertiary/aromatic N) is 4. The molecule has 118 valence electrons. The van der Waals surface area contributed by atoms with Crippen LogP contribution in [0, 0.1) is 0 Å². The lowest BCUT2D eigenvalue weighted by Gasteiger charge is -2.32. The van der Waals surface area contributed by atoms with Crippen LogP contribution in [-0.4, -0.2) is 66.5 Å². The summed E-state index contributed by atoms with van der Waals surface area (Å²) in [5.74, 6) is -0.216. The van der Waals surface area contributed by atoms with Gasteiger partial charge in [-0.25, -0.2) is 8.42 Å². The van der Waals surface area contributed by atoms with Gasteiger partial charge in [0, 0.05) is 32.6 Å². The Kier molecular flexibility index (Phi) is 5.25. The molecule has 0 saturated carbocycles. The summed E-state index contributed by atoms with van der Waals surface area (Å²) in [5.41, 5.74) is 0. The lowest BCUT2D eigenvalue weighted by atomic mass is 10.4. The summed E-state index contributed by atoms with van der Waals surface area (Å²) < 4.78 is 26.3. The monoisotopic (exact) mass is 333 g/mol. The number of anilines is 1. The number of amides is 1. The van der Waals surface area contributed by atoms with Crippen molar-refractivity contribution in [1.29, 1.82) is 0 Å². The maximum Gasteiger partial charge on any atom is 0.272 e. The van der Waals surface area contributed by atoms with Gasteiger partial charge in [-0.1, -0.05) is 25.2 Å². The van der Waals surface area contributed by atoms with Gasteiger partial charge < -0.3 is 10.2 Å². The van der Waals surface area contributed by atoms with Crippen molar-refractivity contribution in [2.75, 3.05) is 38.0 Å². The maximum absolute atomic E-state index is 12.5. The predicted octanol–water partition coefficient (Wildman–Crippen LogP) is 0.213. The van der Waals surface area contributed by atoms with E-state index >= 15 is 0 Å². The number of rotatable bonds is 5. The minimum atomic E-state index is -3.62. The molecule has 0 atom stereocenters. The minimum absolute atomic E-state index is 0.0705. The second kappa shape index (κ2) is 6.77. The topological polar surface area (TPSA) is 95.5 Å². The Morgan fingerprint density at radius 1 is 1.24 bits per heavy atom. The van der Waals surface area contributed by atoms with Crippen molar-refractivity contribution in [3.63, 3.8) is 0 Å². The largest absolute Gasteiger partial charge is 0.301 e. The summed E-state index contributed by atoms with van der Waals surface area (Å²) in [5, 5.41) is 10.2. The molecule has 2 rings (SSSR count). The molecule has 0 unspecified atom stereocenters. The van der Waals surface area contributed by atoms with E-state index < -0.39 is 10.0 Å². The molecule has 10 heteroatoms. The van der Waals surface area contributed by atoms with Crippen LogP contribution in [-0.2, 0) is 14.8 Å². The standard InChI is InChI=1S/C11H19N5O3S2/c1-3-9(17)12-10-13-14-11(20-10)21(18,19)16-7-5-15(4-2)6-8-16/h3-8H2,1-2H3,(H,12,13,17). The van der Waals surface area contributed by atoms with Crippen molar-refractivity contribution in [3.8, 4) is 0 Å². The fourth-order valence-corrected chi connectivity index (χ4v) is 4.45. The normalized spacial score (nSPS) is 17.8. The zero-order chi connectivity index (χ0) is 15.5. The van der Waals surface area contributed by atoms with Crippen molar-refractivity contribution in [3.05, 3.63) is 0 Å². The molecule has 1 saturated heterocycles. The van der Waals surface area contributed by atoms with E-state index in [1.165, 1.54) is 4.31 Å². The maximum atomic E-state index is 12.5. The highest BCUT2D eigenvalue weighted by atomic mass is 32.2. The Morgan fingerprint density at radius 2 is 1.90 bits per heavy atom. The fraction of sp³-hybridized carbons (Fsp3) is 0.727. The highest BCUT2D eigenvalue weighted by Gasteiger charge is 2.31. The first-order chi connectivity index (χ1) is 9.97. The van der Waals surface area contributed by atoms with Crippen LogP contribution in [0.3, 0.4) is 0 Å². The molecule has 0 radical (unpaired) electrons. The van der Waals surface area contributed by atoms with Gasteiger partial charge in [0.2, 0.25) is 15.4 Å². The first-order valence-corrected chi connectivity index (χ1v) is 9.09. The van der Waals surface area contributed by atoms with Gasteiger partial charge in [0.15, 0.2) is 0 Å². The number of aromatic nitrogens is 2. The molecule has 1 aliphatic rings. The molecule has 1 N–H and O–H groups in total. The summed E-state index contributed by atoms with van der Waals surface area (Å²) in [4.78, 5) is 13.5. The highest BCUT2D eigenvalue weighted by Crippen LogP contribution is 2.24. The first kappa shape index (κ1) is 16.3. The van der Waals surface area contributed by atoms with Crippen molar-refractivity contribution in [1.82, 2.24) is 19.4 Å². The van der Waals surface area contributed by atoms with Crippen LogP contribution >= 0.6 is 11.3 Å². The molecule has 1 fully saturated rings. The Bertz CT molecular complexity index is 593. The highest BCUT2D eigenvalue weighted by molar-refractivity contribution is 7.91. The molecule has 1 aromatic rings. The lowest BCUT2D eigenvalue weighted by molar-refractivity contribution is -0.115. The van der Waals surface area contributed by atoms with E-state index in [9.17, 15) is 13.2 Å². The number of nitrogens with one attached hydrogen (secondary N) is 1. The summed E-state index contributed by atoms with van der Waals surface area (Å²) in [7, 11) is -3.62. The van der Waals surface area contributed by atoms with Crippen LogP contribution in [0.5, 0.6) is 0 Å². The SMILES string of the molecule is CCC(=O)Nc1nnc(S(=O)(=O)N2CCN(CC)CC2)s1. The Labute approximate surface area is 128 Å². The lowest BCUT2D eigenvalue weighted by Crippen LogP contribution is -2.48. The number of sulfonamides is 1. The first-order valence-electron chi connectivity index (χ1n) is 6.83. The Morgan fingerprint density at radius 3 is 2.48 bits per heavy atom. The van der Waals surface area contributed by atoms with E-state index in [4.69, 9.17) is 0 Å². The number of piperazine rings is 1. The van der Waals surface area contributed by atoms with Gasteiger partial charge in [-0.2, -0.15) is 4.31 Å². The van der Waals surface area contributed by atoms with E-state index in [0.717, 1.165) is 17.9 Å². The minimum Gasteiger partial charge on any atom is -0.301 e. The molecule has 2 heterocycles. The summed E-state index contributed by atoms with van der Waals surface area (Å²) >= 11 is 0.886. The molecule has 8 nitrogen and oxygen atoms in total. The molecule has 0 spiro atoms. The van der Waals surface area contributed by atoms with Crippen molar-refractivity contribution < 1.29 is 13.2 Å². The van der Waals surface area contributed by atoms with Crippen LogP contribution in [0.1, 0.15) is 20.3 Å². The van der Waals surface area contributed by atoms with Gasteiger partial charge >= 0.3 is 0 Å². The van der Waals surface area contributed by atoms with Crippen molar-refractivity contribution in [2.24, 2.45) is 0 Å². The summed E-state index contributed by atoms with van der Waals surface area (Å²) in [6.07, 6.45) is 0.306. The number of hydrogen-bond acceptors (Lipinski definition) is 7. The Balaban J connectivity index is 2.08. The quantitative estimate of drug-likeness (QED) is 0.774. The number of carbonyl (C=O) groups is 1. The summed E-state index contributed by atoms with van der Waals surface area (Å²) in [6.45, 7) is 7.01. The van der Waals surface area contributed by atoms with Gasteiger partial charge in [0.1, 0.15) is 0 Å². The van der Waals surface area contributed by atoms with E-state index in [1.807, 2.05) is 0 Å². The zero-order valence-electron chi connectivity index (χ0n) is 12.1. The van der Waals surface area contributed by atoms with Crippen molar-refractivity contribution in [2.45, 2.75) is 24.6 Å². The third-order valence-corrected chi connectivity index (χ3v) is 6.40. The van der Waals surface area contributed by atoms with E-state index in [-0.39, 0.29) is 15.4 Å². The third-order valence-electron chi connectivity index (χ3n) is 3.31. The van der Waals surface area contributed by atoms with Crippen LogP contribution in [0.15, 0.2) is 4.34 Å². The molecule has 0 aliphatic carbocycles. The van der Waals surface area contributed by atoms with E-state index in [1.54, 1.807) is 6.92 Å². The summed E-state index contributed by atoms with van der Waals surface area (Å²) in [6, 6.07) is 0. The fourth-order valence-electron chi connectivity index (χ4n) is 1.97. The smallest absolute Gasteiger partial charge is 0.272 e. The average Bonchev–Trinajstić information content (AvgIpc) is 2.96. The zero-order valence-corrected chi connectivity index (χ0v) is 13.7. The third kappa shape index (κ3) is 3.76. The van der Waals surface area contributed by atoms with Crippen molar-refractivity contribution >= 4 is 32.4 Å². The van der Waals surface area contributed by atoms with Gasteiger partial charge in [-0.3, -0.25) is 4.79 Å². The number of carbonyl (C=O) groups excluding carboxylic acids is 1. The van der Waals surface area contributed by atoms with Gasteiger partial charge in [-0.05, 0) is 6.54 Å².